The summed E-state index contributed by atoms with van der Waals surface area (Å²) < 4.78 is 31.4. The van der Waals surface area contributed by atoms with Gasteiger partial charge >= 0.3 is 0 Å². The molecular weight excluding hydrogens is 502 g/mol. The maximum Gasteiger partial charge on any atom is 0.253 e. The van der Waals surface area contributed by atoms with Gasteiger partial charge in [0.1, 0.15) is 11.8 Å². The molecule has 36 heavy (non-hydrogen) atoms. The van der Waals surface area contributed by atoms with E-state index < -0.39 is 22.0 Å². The van der Waals surface area contributed by atoms with Crippen molar-refractivity contribution < 1.29 is 22.7 Å². The van der Waals surface area contributed by atoms with Gasteiger partial charge in [0.2, 0.25) is 15.9 Å². The molecule has 3 aromatic rings. The molecule has 0 aliphatic carbocycles. The summed E-state index contributed by atoms with van der Waals surface area (Å²) in [4.78, 5) is 26.2. The third-order valence-electron chi connectivity index (χ3n) is 5.56. The summed E-state index contributed by atoms with van der Waals surface area (Å²) in [5, 5.41) is 5.82. The van der Waals surface area contributed by atoms with Gasteiger partial charge in [-0.2, -0.15) is 0 Å². The Morgan fingerprint density at radius 3 is 2.22 bits per heavy atom. The summed E-state index contributed by atoms with van der Waals surface area (Å²) in [5.41, 5.74) is 1.64. The third-order valence-corrected chi connectivity index (χ3v) is 7.09. The summed E-state index contributed by atoms with van der Waals surface area (Å²) in [6.07, 6.45) is 1.00. The van der Waals surface area contributed by atoms with Crippen LogP contribution in [-0.2, 0) is 14.8 Å². The lowest BCUT2D eigenvalue weighted by Crippen LogP contribution is -2.45. The molecular formula is C26H28ClN3O5S. The fraction of sp³-hybridized carbons (Fsp3) is 0.231. The fourth-order valence-corrected chi connectivity index (χ4v) is 5.15. The Bertz CT molecular complexity index is 1350. The number of carbonyl (C=O) groups excluding carboxylic acids is 2. The minimum absolute atomic E-state index is 0.200. The standard InChI is InChI=1S/C26H28ClN3O5S/c1-17(19-10-6-5-7-11-19)28-26(32)21-12-8-9-13-23(21)29-25(31)18(2)30(36(4,33)34)20-14-15-24(35-3)22(27)16-20/h5-18H,1-4H3,(H,28,32)(H,29,31)/t17-,18+/m1/s1. The van der Waals surface area contributed by atoms with Crippen molar-refractivity contribution in [1.82, 2.24) is 5.32 Å². The molecule has 8 nitrogen and oxygen atoms in total. The molecule has 0 spiro atoms. The number of benzene rings is 3. The molecule has 0 heterocycles. The highest BCUT2D eigenvalue weighted by molar-refractivity contribution is 7.92. The van der Waals surface area contributed by atoms with Gasteiger partial charge < -0.3 is 15.4 Å². The molecule has 0 aromatic heterocycles. The number of methoxy groups -OCH3 is 1. The fourth-order valence-electron chi connectivity index (χ4n) is 3.73. The first-order valence-corrected chi connectivity index (χ1v) is 13.3. The number of nitrogens with zero attached hydrogens (tertiary/aromatic N) is 1. The summed E-state index contributed by atoms with van der Waals surface area (Å²) in [7, 11) is -2.43. The minimum atomic E-state index is -3.87. The molecule has 0 saturated carbocycles. The maximum atomic E-state index is 13.2. The number of rotatable bonds is 9. The van der Waals surface area contributed by atoms with Crippen molar-refractivity contribution in [2.75, 3.05) is 23.0 Å². The first kappa shape index (κ1) is 27.0. The molecule has 0 unspecified atom stereocenters. The van der Waals surface area contributed by atoms with Gasteiger partial charge in [0, 0.05) is 0 Å². The molecule has 0 saturated heterocycles. The van der Waals surface area contributed by atoms with E-state index in [1.807, 2.05) is 37.3 Å². The van der Waals surface area contributed by atoms with E-state index in [0.717, 1.165) is 16.1 Å². The number of sulfonamides is 1. The van der Waals surface area contributed by atoms with Gasteiger partial charge in [-0.05, 0) is 49.7 Å². The normalized spacial score (nSPS) is 12.8. The zero-order valence-corrected chi connectivity index (χ0v) is 21.9. The van der Waals surface area contributed by atoms with Gasteiger partial charge in [0.15, 0.2) is 0 Å². The topological polar surface area (TPSA) is 105 Å². The number of amides is 2. The van der Waals surface area contributed by atoms with Crippen molar-refractivity contribution in [1.29, 1.82) is 0 Å². The van der Waals surface area contributed by atoms with E-state index in [9.17, 15) is 18.0 Å². The molecule has 2 atom stereocenters. The Kier molecular flexibility index (Phi) is 8.60. The summed E-state index contributed by atoms with van der Waals surface area (Å²) >= 11 is 6.19. The van der Waals surface area contributed by atoms with E-state index in [1.165, 1.54) is 32.2 Å². The van der Waals surface area contributed by atoms with Crippen LogP contribution >= 0.6 is 11.6 Å². The second-order valence-electron chi connectivity index (χ2n) is 8.19. The third kappa shape index (κ3) is 6.35. The Hall–Kier alpha value is -3.56. The molecule has 0 bridgehead atoms. The highest BCUT2D eigenvalue weighted by atomic mass is 35.5. The quantitative estimate of drug-likeness (QED) is 0.420. The van der Waals surface area contributed by atoms with E-state index in [2.05, 4.69) is 10.6 Å². The number of carbonyl (C=O) groups is 2. The van der Waals surface area contributed by atoms with Crippen molar-refractivity contribution in [2.45, 2.75) is 25.9 Å². The van der Waals surface area contributed by atoms with Crippen LogP contribution in [0.5, 0.6) is 5.75 Å². The van der Waals surface area contributed by atoms with Gasteiger partial charge in [-0.3, -0.25) is 13.9 Å². The number of halogens is 1. The van der Waals surface area contributed by atoms with Crippen LogP contribution in [0.4, 0.5) is 11.4 Å². The van der Waals surface area contributed by atoms with Crippen molar-refractivity contribution in [3.63, 3.8) is 0 Å². The zero-order valence-electron chi connectivity index (χ0n) is 20.4. The molecule has 0 fully saturated rings. The first-order chi connectivity index (χ1) is 17.0. The van der Waals surface area contributed by atoms with E-state index in [4.69, 9.17) is 16.3 Å². The molecule has 2 N–H and O–H groups in total. The van der Waals surface area contributed by atoms with E-state index in [-0.39, 0.29) is 33.9 Å². The summed E-state index contributed by atoms with van der Waals surface area (Å²) in [5.74, 6) is -0.629. The van der Waals surface area contributed by atoms with E-state index in [1.54, 1.807) is 24.3 Å². The Balaban J connectivity index is 1.84. The van der Waals surface area contributed by atoms with Crippen LogP contribution in [0.15, 0.2) is 72.8 Å². The number of ether oxygens (including phenoxy) is 1. The molecule has 0 radical (unpaired) electrons. The minimum Gasteiger partial charge on any atom is -0.495 e. The largest absolute Gasteiger partial charge is 0.495 e. The lowest BCUT2D eigenvalue weighted by atomic mass is 10.1. The van der Waals surface area contributed by atoms with Crippen LogP contribution in [0.25, 0.3) is 0 Å². The first-order valence-electron chi connectivity index (χ1n) is 11.1. The average molecular weight is 530 g/mol. The van der Waals surface area contributed by atoms with Crippen molar-refractivity contribution in [2.24, 2.45) is 0 Å². The van der Waals surface area contributed by atoms with Gasteiger partial charge in [0.25, 0.3) is 5.91 Å². The van der Waals surface area contributed by atoms with Crippen molar-refractivity contribution in [3.05, 3.63) is 88.9 Å². The second-order valence-corrected chi connectivity index (χ2v) is 10.5. The molecule has 2 amide bonds. The molecule has 10 heteroatoms. The van der Waals surface area contributed by atoms with Crippen LogP contribution in [0, 0.1) is 0 Å². The summed E-state index contributed by atoms with van der Waals surface area (Å²) in [6, 6.07) is 19.0. The Morgan fingerprint density at radius 2 is 1.61 bits per heavy atom. The number of para-hydroxylation sites is 1. The SMILES string of the molecule is COc1ccc(N([C@@H](C)C(=O)Nc2ccccc2C(=O)N[C@H](C)c2ccccc2)S(C)(=O)=O)cc1Cl. The smallest absolute Gasteiger partial charge is 0.253 e. The second kappa shape index (κ2) is 11.5. The van der Waals surface area contributed by atoms with Gasteiger partial charge in [-0.1, -0.05) is 54.1 Å². The predicted molar refractivity (Wildman–Crippen MR) is 142 cm³/mol. The average Bonchev–Trinajstić information content (AvgIpc) is 2.84. The van der Waals surface area contributed by atoms with E-state index in [0.29, 0.717) is 5.75 Å². The Morgan fingerprint density at radius 1 is 0.972 bits per heavy atom. The van der Waals surface area contributed by atoms with Crippen LogP contribution in [-0.4, -0.2) is 39.6 Å². The Labute approximate surface area is 216 Å². The van der Waals surface area contributed by atoms with Crippen LogP contribution < -0.4 is 19.7 Å². The highest BCUT2D eigenvalue weighted by Crippen LogP contribution is 2.31. The lowest BCUT2D eigenvalue weighted by Gasteiger charge is -2.28. The van der Waals surface area contributed by atoms with Crippen LogP contribution in [0.2, 0.25) is 5.02 Å². The van der Waals surface area contributed by atoms with Gasteiger partial charge in [0.05, 0.1) is 41.4 Å². The number of nitrogens with one attached hydrogen (secondary N) is 2. The molecule has 3 rings (SSSR count). The maximum absolute atomic E-state index is 13.2. The molecule has 0 aliphatic rings. The van der Waals surface area contributed by atoms with Crippen molar-refractivity contribution in [3.8, 4) is 5.75 Å². The highest BCUT2D eigenvalue weighted by Gasteiger charge is 2.30. The van der Waals surface area contributed by atoms with Gasteiger partial charge in [-0.15, -0.1) is 0 Å². The lowest BCUT2D eigenvalue weighted by molar-refractivity contribution is -0.116. The summed E-state index contributed by atoms with van der Waals surface area (Å²) in [6.45, 7) is 3.31. The molecule has 3 aromatic carbocycles. The number of anilines is 2. The van der Waals surface area contributed by atoms with E-state index >= 15 is 0 Å². The van der Waals surface area contributed by atoms with Gasteiger partial charge in [-0.25, -0.2) is 8.42 Å². The predicted octanol–water partition coefficient (Wildman–Crippen LogP) is 4.63. The van der Waals surface area contributed by atoms with Crippen LogP contribution in [0.1, 0.15) is 35.8 Å². The monoisotopic (exact) mass is 529 g/mol. The zero-order chi connectivity index (χ0) is 26.5. The van der Waals surface area contributed by atoms with Crippen molar-refractivity contribution >= 4 is 44.8 Å². The molecule has 190 valence electrons. The number of hydrogen-bond donors (Lipinski definition) is 2. The molecule has 0 aliphatic heterocycles. The van der Waals surface area contributed by atoms with Crippen LogP contribution in [0.3, 0.4) is 0 Å². The number of hydrogen-bond acceptors (Lipinski definition) is 5.